The van der Waals surface area contributed by atoms with Crippen molar-refractivity contribution in [3.05, 3.63) is 53.4 Å². The first kappa shape index (κ1) is 14.0. The molecule has 0 fully saturated rings. The van der Waals surface area contributed by atoms with E-state index in [4.69, 9.17) is 11.6 Å². The molecular weight excluding hydrogens is 310 g/mol. The van der Waals surface area contributed by atoms with E-state index in [1.54, 1.807) is 6.20 Å². The predicted molar refractivity (Wildman–Crippen MR) is 93.3 cm³/mol. The Kier molecular flexibility index (Phi) is 3.35. The minimum atomic E-state index is 0.512. The van der Waals surface area contributed by atoms with E-state index < -0.39 is 0 Å². The van der Waals surface area contributed by atoms with Crippen LogP contribution in [0, 0.1) is 0 Å². The minimum absolute atomic E-state index is 0.512. The molecule has 0 unspecified atom stereocenters. The Hall–Kier alpha value is -2.66. The Balaban J connectivity index is 1.77. The molecule has 2 N–H and O–H groups in total. The number of aromatic nitrogens is 4. The van der Waals surface area contributed by atoms with Crippen LogP contribution in [0.2, 0.25) is 5.15 Å². The molecule has 4 rings (SSSR count). The maximum Gasteiger partial charge on any atom is 0.178 e. The highest BCUT2D eigenvalue weighted by Gasteiger charge is 2.08. The largest absolute Gasteiger partial charge is 0.337 e. The molecular formula is C17H14ClN5. The molecule has 0 spiro atoms. The van der Waals surface area contributed by atoms with E-state index in [0.717, 1.165) is 39.6 Å². The summed E-state index contributed by atoms with van der Waals surface area (Å²) in [6.07, 6.45) is 2.60. The number of H-pyrrole nitrogens is 1. The van der Waals surface area contributed by atoms with E-state index in [1.165, 1.54) is 0 Å². The van der Waals surface area contributed by atoms with Crippen molar-refractivity contribution < 1.29 is 0 Å². The van der Waals surface area contributed by atoms with Gasteiger partial charge in [0.2, 0.25) is 0 Å². The minimum Gasteiger partial charge on any atom is -0.337 e. The van der Waals surface area contributed by atoms with E-state index in [2.05, 4.69) is 38.5 Å². The van der Waals surface area contributed by atoms with E-state index in [9.17, 15) is 0 Å². The van der Waals surface area contributed by atoms with Crippen molar-refractivity contribution in [3.63, 3.8) is 0 Å². The molecule has 0 amide bonds. The number of hydrogen-bond donors (Lipinski definition) is 2. The fourth-order valence-electron chi connectivity index (χ4n) is 2.72. The molecule has 5 nitrogen and oxygen atoms in total. The van der Waals surface area contributed by atoms with Crippen LogP contribution in [0.15, 0.2) is 42.6 Å². The van der Waals surface area contributed by atoms with Crippen molar-refractivity contribution in [1.82, 2.24) is 20.2 Å². The standard InChI is InChI=1S/C17H14ClN5/c1-2-13-12-6-5-11(8-10(12)9-15(18)21-13)20-17-16-14(22-23-17)4-3-7-19-16/h3-9H,2H2,1H3,(H2,20,22,23). The van der Waals surface area contributed by atoms with Crippen molar-refractivity contribution in [3.8, 4) is 0 Å². The summed E-state index contributed by atoms with van der Waals surface area (Å²) in [6.45, 7) is 2.08. The van der Waals surface area contributed by atoms with Crippen LogP contribution in [0.1, 0.15) is 12.6 Å². The molecule has 1 aromatic carbocycles. The molecule has 0 radical (unpaired) electrons. The van der Waals surface area contributed by atoms with Crippen LogP contribution in [-0.2, 0) is 6.42 Å². The smallest absolute Gasteiger partial charge is 0.178 e. The number of halogens is 1. The molecule has 3 heterocycles. The second-order valence-electron chi connectivity index (χ2n) is 5.28. The normalized spacial score (nSPS) is 11.2. The summed E-state index contributed by atoms with van der Waals surface area (Å²) in [5, 5.41) is 13.2. The zero-order valence-electron chi connectivity index (χ0n) is 12.5. The number of fused-ring (bicyclic) bond motifs is 2. The van der Waals surface area contributed by atoms with E-state index in [1.807, 2.05) is 30.3 Å². The van der Waals surface area contributed by atoms with E-state index in [0.29, 0.717) is 11.0 Å². The lowest BCUT2D eigenvalue weighted by Crippen LogP contribution is -1.94. The fraction of sp³-hybridized carbons (Fsp3) is 0.118. The van der Waals surface area contributed by atoms with Gasteiger partial charge in [-0.05, 0) is 42.1 Å². The lowest BCUT2D eigenvalue weighted by Gasteiger charge is -2.08. The van der Waals surface area contributed by atoms with Crippen LogP contribution in [0.4, 0.5) is 11.5 Å². The monoisotopic (exact) mass is 323 g/mol. The van der Waals surface area contributed by atoms with Gasteiger partial charge in [-0.25, -0.2) is 4.98 Å². The summed E-state index contributed by atoms with van der Waals surface area (Å²) in [5.41, 5.74) is 3.65. The van der Waals surface area contributed by atoms with Crippen LogP contribution < -0.4 is 5.32 Å². The SMILES string of the molecule is CCc1nc(Cl)cc2cc(Nc3n[nH]c4cccnc34)ccc12. The number of nitrogens with one attached hydrogen (secondary N) is 2. The zero-order valence-corrected chi connectivity index (χ0v) is 13.2. The maximum absolute atomic E-state index is 6.12. The van der Waals surface area contributed by atoms with Crippen LogP contribution in [0.3, 0.4) is 0 Å². The second-order valence-corrected chi connectivity index (χ2v) is 5.67. The van der Waals surface area contributed by atoms with Gasteiger partial charge in [-0.3, -0.25) is 10.1 Å². The third-order valence-electron chi connectivity index (χ3n) is 3.80. The summed E-state index contributed by atoms with van der Waals surface area (Å²) in [6, 6.07) is 11.8. The quantitative estimate of drug-likeness (QED) is 0.546. The third kappa shape index (κ3) is 2.49. The molecule has 3 aromatic heterocycles. The first-order valence-electron chi connectivity index (χ1n) is 7.40. The molecule has 23 heavy (non-hydrogen) atoms. The zero-order chi connectivity index (χ0) is 15.8. The first-order chi connectivity index (χ1) is 11.2. The number of hydrogen-bond acceptors (Lipinski definition) is 4. The van der Waals surface area contributed by atoms with Gasteiger partial charge in [0, 0.05) is 23.0 Å². The third-order valence-corrected chi connectivity index (χ3v) is 3.99. The molecule has 0 aliphatic carbocycles. The highest BCUT2D eigenvalue weighted by atomic mass is 35.5. The van der Waals surface area contributed by atoms with E-state index >= 15 is 0 Å². The number of pyridine rings is 2. The molecule has 6 heteroatoms. The van der Waals surface area contributed by atoms with Gasteiger partial charge in [-0.2, -0.15) is 5.10 Å². The van der Waals surface area contributed by atoms with Crippen molar-refractivity contribution >= 4 is 44.9 Å². The number of nitrogens with zero attached hydrogens (tertiary/aromatic N) is 3. The predicted octanol–water partition coefficient (Wildman–Crippen LogP) is 4.47. The topological polar surface area (TPSA) is 66.5 Å². The van der Waals surface area contributed by atoms with E-state index in [-0.39, 0.29) is 0 Å². The Morgan fingerprint density at radius 1 is 1.22 bits per heavy atom. The number of aromatic amines is 1. The number of rotatable bonds is 3. The lowest BCUT2D eigenvalue weighted by atomic mass is 10.1. The summed E-state index contributed by atoms with van der Waals surface area (Å²) < 4.78 is 0. The molecule has 0 aliphatic rings. The van der Waals surface area contributed by atoms with Crippen molar-refractivity contribution in [2.24, 2.45) is 0 Å². The summed E-state index contributed by atoms with van der Waals surface area (Å²) >= 11 is 6.12. The van der Waals surface area contributed by atoms with Gasteiger partial charge in [0.25, 0.3) is 0 Å². The summed E-state index contributed by atoms with van der Waals surface area (Å²) in [4.78, 5) is 8.74. The molecule has 0 atom stereocenters. The average molecular weight is 324 g/mol. The second kappa shape index (κ2) is 5.52. The Morgan fingerprint density at radius 2 is 2.13 bits per heavy atom. The van der Waals surface area contributed by atoms with Gasteiger partial charge in [0.15, 0.2) is 5.82 Å². The van der Waals surface area contributed by atoms with Crippen LogP contribution in [0.25, 0.3) is 21.8 Å². The fourth-order valence-corrected chi connectivity index (χ4v) is 2.94. The number of benzene rings is 1. The molecule has 0 aliphatic heterocycles. The Labute approximate surface area is 137 Å². The highest BCUT2D eigenvalue weighted by molar-refractivity contribution is 6.30. The summed E-state index contributed by atoms with van der Waals surface area (Å²) in [7, 11) is 0. The number of aryl methyl sites for hydroxylation is 1. The maximum atomic E-state index is 6.12. The van der Waals surface area contributed by atoms with Crippen LogP contribution >= 0.6 is 11.6 Å². The Morgan fingerprint density at radius 3 is 3.00 bits per heavy atom. The number of anilines is 2. The first-order valence-corrected chi connectivity index (χ1v) is 7.77. The Bertz CT molecular complexity index is 1010. The van der Waals surface area contributed by atoms with Gasteiger partial charge in [0.05, 0.1) is 5.52 Å². The molecule has 0 bridgehead atoms. The van der Waals surface area contributed by atoms with Crippen molar-refractivity contribution in [2.45, 2.75) is 13.3 Å². The lowest BCUT2D eigenvalue weighted by molar-refractivity contribution is 1.06. The molecule has 114 valence electrons. The molecule has 4 aromatic rings. The van der Waals surface area contributed by atoms with Crippen LogP contribution in [-0.4, -0.2) is 20.2 Å². The van der Waals surface area contributed by atoms with Crippen molar-refractivity contribution in [2.75, 3.05) is 5.32 Å². The molecule has 0 saturated carbocycles. The molecule has 0 saturated heterocycles. The highest BCUT2D eigenvalue weighted by Crippen LogP contribution is 2.27. The average Bonchev–Trinajstić information content (AvgIpc) is 2.97. The van der Waals surface area contributed by atoms with Crippen LogP contribution in [0.5, 0.6) is 0 Å². The van der Waals surface area contributed by atoms with Gasteiger partial charge in [-0.15, -0.1) is 0 Å². The van der Waals surface area contributed by atoms with Crippen molar-refractivity contribution in [1.29, 1.82) is 0 Å². The van der Waals surface area contributed by atoms with Gasteiger partial charge in [0.1, 0.15) is 10.7 Å². The van der Waals surface area contributed by atoms with Gasteiger partial charge >= 0.3 is 0 Å². The van der Waals surface area contributed by atoms with Gasteiger partial charge < -0.3 is 5.32 Å². The summed E-state index contributed by atoms with van der Waals surface area (Å²) in [5.74, 6) is 0.704. The van der Waals surface area contributed by atoms with Gasteiger partial charge in [-0.1, -0.05) is 24.6 Å².